The minimum Gasteiger partial charge on any atom is -0.497 e. The van der Waals surface area contributed by atoms with Gasteiger partial charge in [-0.2, -0.15) is 0 Å². The maximum atomic E-state index is 13.4. The zero-order valence-corrected chi connectivity index (χ0v) is 20.2. The number of hydrogen-bond donors (Lipinski definition) is 2. The van der Waals surface area contributed by atoms with Gasteiger partial charge in [0, 0.05) is 37.1 Å². The molecule has 1 aromatic heterocycles. The van der Waals surface area contributed by atoms with Crippen LogP contribution >= 0.6 is 0 Å². The van der Waals surface area contributed by atoms with E-state index in [9.17, 15) is 14.0 Å². The zero-order valence-electron chi connectivity index (χ0n) is 20.2. The number of anilines is 1. The van der Waals surface area contributed by atoms with Crippen LogP contribution in [0.25, 0.3) is 16.9 Å². The Morgan fingerprint density at radius 2 is 1.77 bits per heavy atom. The highest BCUT2D eigenvalue weighted by molar-refractivity contribution is 5.93. The highest BCUT2D eigenvalue weighted by Crippen LogP contribution is 2.25. The average Bonchev–Trinajstić information content (AvgIpc) is 3.25. The Morgan fingerprint density at radius 3 is 2.37 bits per heavy atom. The first-order chi connectivity index (χ1) is 16.8. The van der Waals surface area contributed by atoms with Crippen LogP contribution < -0.4 is 15.4 Å². The number of halogens is 1. The summed E-state index contributed by atoms with van der Waals surface area (Å²) in [5.74, 6) is 0.164. The summed E-state index contributed by atoms with van der Waals surface area (Å²) in [7, 11) is 3.11. The quantitative estimate of drug-likeness (QED) is 0.458. The monoisotopic (exact) mass is 483 g/mol. The predicted octanol–water partition coefficient (Wildman–Crippen LogP) is 3.69. The number of benzene rings is 2. The van der Waals surface area contributed by atoms with E-state index in [2.05, 4.69) is 15.6 Å². The number of amides is 3. The summed E-state index contributed by atoms with van der Waals surface area (Å²) in [5.41, 5.74) is 1.97. The average molecular weight is 484 g/mol. The smallest absolute Gasteiger partial charge is 0.318 e. The summed E-state index contributed by atoms with van der Waals surface area (Å²) in [6.07, 6.45) is 1.75. The van der Waals surface area contributed by atoms with E-state index >= 15 is 0 Å². The van der Waals surface area contributed by atoms with Gasteiger partial charge < -0.3 is 19.7 Å². The first-order valence-corrected chi connectivity index (χ1v) is 11.1. The molecule has 2 aromatic carbocycles. The van der Waals surface area contributed by atoms with Gasteiger partial charge in [-0.05, 0) is 62.4 Å². The van der Waals surface area contributed by atoms with Gasteiger partial charge in [0.1, 0.15) is 18.1 Å². The van der Waals surface area contributed by atoms with Crippen LogP contribution in [0.3, 0.4) is 0 Å². The molecule has 0 bridgehead atoms. The molecule has 1 heterocycles. The molecule has 0 aliphatic carbocycles. The third-order valence-corrected chi connectivity index (χ3v) is 5.05. The molecule has 0 unspecified atom stereocenters. The van der Waals surface area contributed by atoms with E-state index in [-0.39, 0.29) is 43.5 Å². The van der Waals surface area contributed by atoms with Crippen molar-refractivity contribution in [1.82, 2.24) is 19.8 Å². The van der Waals surface area contributed by atoms with Gasteiger partial charge in [-0.15, -0.1) is 0 Å². The van der Waals surface area contributed by atoms with Gasteiger partial charge in [0.2, 0.25) is 11.9 Å². The fraction of sp³-hybridized carbons (Fsp3) is 0.320. The summed E-state index contributed by atoms with van der Waals surface area (Å²) in [5, 5.41) is 5.59. The van der Waals surface area contributed by atoms with Gasteiger partial charge >= 0.3 is 6.03 Å². The minimum atomic E-state index is -0.425. The first kappa shape index (κ1) is 25.7. The molecule has 3 rings (SSSR count). The Kier molecular flexibility index (Phi) is 8.80. The summed E-state index contributed by atoms with van der Waals surface area (Å²) < 4.78 is 25.4. The molecule has 0 saturated heterocycles. The van der Waals surface area contributed by atoms with Crippen LogP contribution in [0.15, 0.2) is 54.7 Å². The lowest BCUT2D eigenvalue weighted by atomic mass is 10.2. The Bertz CT molecular complexity index is 1130. The molecule has 0 atom stereocenters. The van der Waals surface area contributed by atoms with Crippen molar-refractivity contribution in [3.63, 3.8) is 0 Å². The summed E-state index contributed by atoms with van der Waals surface area (Å²) in [6, 6.07) is 12.7. The topological polar surface area (TPSA) is 97.7 Å². The Morgan fingerprint density at radius 1 is 1.09 bits per heavy atom. The SMILES string of the molecule is COCCN(CC(=O)Nc1nc(-c2ccc(F)cc2)cn1-c1ccc(OC)cc1)C(=O)NC(C)C. The Balaban J connectivity index is 1.88. The van der Waals surface area contributed by atoms with Crippen molar-refractivity contribution in [3.8, 4) is 22.7 Å². The molecule has 0 fully saturated rings. The van der Waals surface area contributed by atoms with Crippen molar-refractivity contribution in [2.24, 2.45) is 0 Å². The van der Waals surface area contributed by atoms with Crippen molar-refractivity contribution in [2.75, 3.05) is 39.2 Å². The molecule has 186 valence electrons. The maximum Gasteiger partial charge on any atom is 0.318 e. The van der Waals surface area contributed by atoms with E-state index < -0.39 is 5.91 Å². The van der Waals surface area contributed by atoms with Crippen LogP contribution in [-0.4, -0.2) is 66.3 Å². The van der Waals surface area contributed by atoms with Gasteiger partial charge in [-0.1, -0.05) is 0 Å². The van der Waals surface area contributed by atoms with Crippen LogP contribution in [0.2, 0.25) is 0 Å². The van der Waals surface area contributed by atoms with Crippen molar-refractivity contribution >= 4 is 17.9 Å². The van der Waals surface area contributed by atoms with Gasteiger partial charge in [0.15, 0.2) is 0 Å². The van der Waals surface area contributed by atoms with Crippen LogP contribution in [0.4, 0.5) is 15.1 Å². The highest BCUT2D eigenvalue weighted by atomic mass is 19.1. The number of hydrogen-bond acceptors (Lipinski definition) is 5. The van der Waals surface area contributed by atoms with Crippen molar-refractivity contribution < 1.29 is 23.5 Å². The largest absolute Gasteiger partial charge is 0.497 e. The van der Waals surface area contributed by atoms with Gasteiger partial charge in [-0.25, -0.2) is 14.2 Å². The second-order valence-electron chi connectivity index (χ2n) is 8.09. The second-order valence-corrected chi connectivity index (χ2v) is 8.09. The molecule has 0 radical (unpaired) electrons. The number of urea groups is 1. The molecule has 0 aliphatic rings. The lowest BCUT2D eigenvalue weighted by molar-refractivity contribution is -0.117. The van der Waals surface area contributed by atoms with Crippen molar-refractivity contribution in [1.29, 1.82) is 0 Å². The van der Waals surface area contributed by atoms with Crippen molar-refractivity contribution in [3.05, 3.63) is 60.5 Å². The normalized spacial score (nSPS) is 10.8. The highest BCUT2D eigenvalue weighted by Gasteiger charge is 2.20. The van der Waals surface area contributed by atoms with E-state index in [1.807, 2.05) is 26.0 Å². The van der Waals surface area contributed by atoms with Crippen LogP contribution in [0.5, 0.6) is 5.75 Å². The molecule has 10 heteroatoms. The van der Waals surface area contributed by atoms with Gasteiger partial charge in [0.25, 0.3) is 0 Å². The molecule has 3 aromatic rings. The number of imidazole rings is 1. The molecular weight excluding hydrogens is 453 g/mol. The van der Waals surface area contributed by atoms with Gasteiger partial charge in [0.05, 0.1) is 19.4 Å². The molecule has 35 heavy (non-hydrogen) atoms. The molecule has 2 N–H and O–H groups in total. The molecule has 9 nitrogen and oxygen atoms in total. The number of carbonyl (C=O) groups is 2. The summed E-state index contributed by atoms with van der Waals surface area (Å²) in [4.78, 5) is 31.4. The summed E-state index contributed by atoms with van der Waals surface area (Å²) >= 11 is 0. The Hall–Kier alpha value is -3.92. The first-order valence-electron chi connectivity index (χ1n) is 11.1. The zero-order chi connectivity index (χ0) is 25.4. The third-order valence-electron chi connectivity index (χ3n) is 5.05. The number of carbonyl (C=O) groups excluding carboxylic acids is 2. The van der Waals surface area contributed by atoms with Crippen LogP contribution in [0.1, 0.15) is 13.8 Å². The van der Waals surface area contributed by atoms with Crippen LogP contribution in [0, 0.1) is 5.82 Å². The summed E-state index contributed by atoms with van der Waals surface area (Å²) in [6.45, 7) is 4.03. The van der Waals surface area contributed by atoms with E-state index in [0.29, 0.717) is 17.0 Å². The van der Waals surface area contributed by atoms with Crippen LogP contribution in [-0.2, 0) is 9.53 Å². The molecule has 0 aliphatic heterocycles. The lowest BCUT2D eigenvalue weighted by Crippen LogP contribution is -2.47. The van der Waals surface area contributed by atoms with E-state index in [0.717, 1.165) is 5.69 Å². The van der Waals surface area contributed by atoms with E-state index in [1.54, 1.807) is 42.1 Å². The number of nitrogens with one attached hydrogen (secondary N) is 2. The number of rotatable bonds is 10. The number of methoxy groups -OCH3 is 2. The number of nitrogens with zero attached hydrogens (tertiary/aromatic N) is 3. The number of aromatic nitrogens is 2. The van der Waals surface area contributed by atoms with Gasteiger partial charge in [-0.3, -0.25) is 14.7 Å². The third kappa shape index (κ3) is 7.03. The predicted molar refractivity (Wildman–Crippen MR) is 131 cm³/mol. The number of ether oxygens (including phenoxy) is 2. The minimum absolute atomic E-state index is 0.0807. The Labute approximate surface area is 203 Å². The van der Waals surface area contributed by atoms with E-state index in [4.69, 9.17) is 9.47 Å². The lowest BCUT2D eigenvalue weighted by Gasteiger charge is -2.23. The fourth-order valence-corrected chi connectivity index (χ4v) is 3.30. The van der Waals surface area contributed by atoms with Crippen molar-refractivity contribution in [2.45, 2.75) is 19.9 Å². The standard InChI is InChI=1S/C25H30FN5O4/c1-17(2)27-25(33)30(13-14-34-3)16-23(32)29-24-28-22(18-5-7-19(26)8-6-18)15-31(24)20-9-11-21(35-4)12-10-20/h5-12,15,17H,13-14,16H2,1-4H3,(H,27,33)(H,28,29,32). The fourth-order valence-electron chi connectivity index (χ4n) is 3.30. The van der Waals surface area contributed by atoms with E-state index in [1.165, 1.54) is 24.1 Å². The molecule has 0 spiro atoms. The molecule has 0 saturated carbocycles. The molecular formula is C25H30FN5O4. The maximum absolute atomic E-state index is 13.4. The molecule has 3 amide bonds. The second kappa shape index (κ2) is 12.0.